The largest absolute Gasteiger partial charge is 0.338 e. The van der Waals surface area contributed by atoms with Gasteiger partial charge in [-0.2, -0.15) is 0 Å². The van der Waals surface area contributed by atoms with E-state index in [2.05, 4.69) is 23.4 Å². The van der Waals surface area contributed by atoms with Crippen molar-refractivity contribution in [3.63, 3.8) is 0 Å². The number of aryl methyl sites for hydroxylation is 1. The highest BCUT2D eigenvalue weighted by Crippen LogP contribution is 2.44. The van der Waals surface area contributed by atoms with Gasteiger partial charge in [0, 0.05) is 31.9 Å². The minimum Gasteiger partial charge on any atom is -0.338 e. The number of aromatic nitrogens is 2. The van der Waals surface area contributed by atoms with Crippen molar-refractivity contribution in [2.45, 2.75) is 45.6 Å². The quantitative estimate of drug-likeness (QED) is 0.849. The van der Waals surface area contributed by atoms with Crippen LogP contribution in [-0.2, 0) is 13.5 Å². The number of hydrogen-bond acceptors (Lipinski definition) is 2. The average Bonchev–Trinajstić information content (AvgIpc) is 2.73. The fourth-order valence-corrected chi connectivity index (χ4v) is 3.09. The van der Waals surface area contributed by atoms with Crippen LogP contribution >= 0.6 is 0 Å². The van der Waals surface area contributed by atoms with E-state index in [-0.39, 0.29) is 6.04 Å². The summed E-state index contributed by atoms with van der Waals surface area (Å²) in [7, 11) is 2.04. The molecule has 3 nitrogen and oxygen atoms in total. The minimum atomic E-state index is 0.249. The monoisotopic (exact) mass is 221 g/mol. The lowest BCUT2D eigenvalue weighted by Crippen LogP contribution is -2.38. The second-order valence-electron chi connectivity index (χ2n) is 5.81. The van der Waals surface area contributed by atoms with Crippen LogP contribution in [0.5, 0.6) is 0 Å². The first-order valence-corrected chi connectivity index (χ1v) is 6.22. The number of nitrogens with zero attached hydrogens (tertiary/aromatic N) is 2. The molecule has 16 heavy (non-hydrogen) atoms. The molecule has 0 bridgehead atoms. The van der Waals surface area contributed by atoms with Gasteiger partial charge in [0.05, 0.1) is 0 Å². The lowest BCUT2D eigenvalue weighted by atomic mass is 9.77. The molecule has 0 radical (unpaired) electrons. The van der Waals surface area contributed by atoms with Crippen LogP contribution in [0.15, 0.2) is 12.4 Å². The molecule has 0 saturated heterocycles. The molecule has 1 fully saturated rings. The molecule has 0 spiro atoms. The fourth-order valence-electron chi connectivity index (χ4n) is 3.09. The molecule has 2 rings (SSSR count). The maximum Gasteiger partial charge on any atom is 0.109 e. The Labute approximate surface area is 98.1 Å². The molecule has 1 saturated carbocycles. The Hall–Kier alpha value is -0.830. The summed E-state index contributed by atoms with van der Waals surface area (Å²) in [5, 5.41) is 0. The van der Waals surface area contributed by atoms with Crippen LogP contribution < -0.4 is 5.73 Å². The summed E-state index contributed by atoms with van der Waals surface area (Å²) in [6.07, 6.45) is 8.65. The van der Waals surface area contributed by atoms with Gasteiger partial charge in [-0.15, -0.1) is 0 Å². The van der Waals surface area contributed by atoms with Gasteiger partial charge in [-0.05, 0) is 24.2 Å². The summed E-state index contributed by atoms with van der Waals surface area (Å²) in [4.78, 5) is 4.36. The van der Waals surface area contributed by atoms with Crippen molar-refractivity contribution in [2.24, 2.45) is 24.1 Å². The van der Waals surface area contributed by atoms with Crippen LogP contribution in [-0.4, -0.2) is 15.6 Å². The van der Waals surface area contributed by atoms with Crippen LogP contribution in [0, 0.1) is 11.3 Å². The summed E-state index contributed by atoms with van der Waals surface area (Å²) in [5.74, 6) is 1.75. The summed E-state index contributed by atoms with van der Waals surface area (Å²) < 4.78 is 2.07. The van der Waals surface area contributed by atoms with Crippen molar-refractivity contribution < 1.29 is 0 Å². The van der Waals surface area contributed by atoms with Crippen molar-refractivity contribution in [3.05, 3.63) is 18.2 Å². The van der Waals surface area contributed by atoms with Crippen LogP contribution in [0.1, 0.15) is 38.9 Å². The van der Waals surface area contributed by atoms with Crippen molar-refractivity contribution >= 4 is 0 Å². The molecule has 1 aliphatic carbocycles. The maximum atomic E-state index is 6.36. The molecule has 90 valence electrons. The molecule has 0 amide bonds. The molecular formula is C13H23N3. The second-order valence-corrected chi connectivity index (χ2v) is 5.81. The third-order valence-corrected chi connectivity index (χ3v) is 4.20. The van der Waals surface area contributed by atoms with Crippen molar-refractivity contribution in [2.75, 3.05) is 0 Å². The molecule has 1 heterocycles. The smallest absolute Gasteiger partial charge is 0.109 e. The van der Waals surface area contributed by atoms with E-state index in [9.17, 15) is 0 Å². The predicted octanol–water partition coefficient (Wildman–Crippen LogP) is 2.12. The van der Waals surface area contributed by atoms with Gasteiger partial charge in [0.15, 0.2) is 0 Å². The second kappa shape index (κ2) is 4.21. The van der Waals surface area contributed by atoms with Crippen molar-refractivity contribution in [1.82, 2.24) is 9.55 Å². The minimum absolute atomic E-state index is 0.249. The van der Waals surface area contributed by atoms with Crippen molar-refractivity contribution in [3.8, 4) is 0 Å². The van der Waals surface area contributed by atoms with Crippen LogP contribution in [0.2, 0.25) is 0 Å². The predicted molar refractivity (Wildman–Crippen MR) is 66.0 cm³/mol. The van der Waals surface area contributed by atoms with Gasteiger partial charge in [0.1, 0.15) is 5.82 Å². The number of hydrogen-bond donors (Lipinski definition) is 1. The molecule has 0 aromatic carbocycles. The summed E-state index contributed by atoms with van der Waals surface area (Å²) >= 11 is 0. The van der Waals surface area contributed by atoms with Gasteiger partial charge in [0.25, 0.3) is 0 Å². The van der Waals surface area contributed by atoms with Gasteiger partial charge in [-0.3, -0.25) is 0 Å². The highest BCUT2D eigenvalue weighted by molar-refractivity contribution is 4.99. The maximum absolute atomic E-state index is 6.36. The van der Waals surface area contributed by atoms with Gasteiger partial charge in [-0.1, -0.05) is 20.3 Å². The van der Waals surface area contributed by atoms with Crippen LogP contribution in [0.3, 0.4) is 0 Å². The first-order chi connectivity index (χ1) is 7.50. The number of rotatable bonds is 3. The molecular weight excluding hydrogens is 198 g/mol. The van der Waals surface area contributed by atoms with Crippen molar-refractivity contribution in [1.29, 1.82) is 0 Å². The number of imidazole rings is 1. The van der Waals surface area contributed by atoms with Gasteiger partial charge in [0.2, 0.25) is 0 Å². The average molecular weight is 221 g/mol. The third kappa shape index (κ3) is 2.14. The van der Waals surface area contributed by atoms with Crippen LogP contribution in [0.25, 0.3) is 0 Å². The summed E-state index contributed by atoms with van der Waals surface area (Å²) in [6.45, 7) is 4.70. The van der Waals surface area contributed by atoms with E-state index in [1.54, 1.807) is 0 Å². The first-order valence-electron chi connectivity index (χ1n) is 6.22. The molecule has 0 aliphatic heterocycles. The van der Waals surface area contributed by atoms with Gasteiger partial charge >= 0.3 is 0 Å². The molecule has 1 aromatic rings. The molecule has 3 heteroatoms. The van der Waals surface area contributed by atoms with Crippen LogP contribution in [0.4, 0.5) is 0 Å². The molecule has 1 aliphatic rings. The van der Waals surface area contributed by atoms with Gasteiger partial charge < -0.3 is 10.3 Å². The normalized spacial score (nSPS) is 25.9. The van der Waals surface area contributed by atoms with E-state index in [1.807, 2.05) is 19.4 Å². The zero-order valence-electron chi connectivity index (χ0n) is 10.6. The Bertz CT molecular complexity index is 354. The third-order valence-electron chi connectivity index (χ3n) is 4.20. The Balaban J connectivity index is 2.03. The highest BCUT2D eigenvalue weighted by Gasteiger charge is 2.38. The van der Waals surface area contributed by atoms with E-state index >= 15 is 0 Å². The van der Waals surface area contributed by atoms with E-state index in [1.165, 1.54) is 19.3 Å². The summed E-state index contributed by atoms with van der Waals surface area (Å²) in [5.41, 5.74) is 6.77. The Morgan fingerprint density at radius 2 is 2.38 bits per heavy atom. The first kappa shape index (κ1) is 11.6. The van der Waals surface area contributed by atoms with E-state index in [0.29, 0.717) is 11.3 Å². The topological polar surface area (TPSA) is 43.8 Å². The zero-order valence-corrected chi connectivity index (χ0v) is 10.6. The van der Waals surface area contributed by atoms with Gasteiger partial charge in [-0.25, -0.2) is 4.98 Å². The van der Waals surface area contributed by atoms with E-state index < -0.39 is 0 Å². The zero-order chi connectivity index (χ0) is 11.8. The Morgan fingerprint density at radius 3 is 2.88 bits per heavy atom. The lowest BCUT2D eigenvalue weighted by molar-refractivity contribution is 0.218. The molecule has 1 aromatic heterocycles. The number of nitrogens with two attached hydrogens (primary N) is 1. The fraction of sp³-hybridized carbons (Fsp3) is 0.769. The molecule has 2 unspecified atom stereocenters. The summed E-state index contributed by atoms with van der Waals surface area (Å²) in [6, 6.07) is 0.249. The highest BCUT2D eigenvalue weighted by atomic mass is 15.0. The SMILES string of the molecule is Cn1ccnc1CC(N)C1CCCC1(C)C. The standard InChI is InChI=1S/C13H23N3/c1-13(2)6-4-5-10(13)11(14)9-12-15-7-8-16(12)3/h7-8,10-11H,4-6,9,14H2,1-3H3. The molecule has 2 N–H and O–H groups in total. The lowest BCUT2D eigenvalue weighted by Gasteiger charge is -2.31. The Morgan fingerprint density at radius 1 is 1.62 bits per heavy atom. The van der Waals surface area contributed by atoms with E-state index in [0.717, 1.165) is 12.2 Å². The molecule has 2 atom stereocenters. The Kier molecular flexibility index (Phi) is 3.06. The van der Waals surface area contributed by atoms with E-state index in [4.69, 9.17) is 5.73 Å².